The third-order valence-electron chi connectivity index (χ3n) is 5.31. The second-order valence-corrected chi connectivity index (χ2v) is 6.58. The highest BCUT2D eigenvalue weighted by Crippen LogP contribution is 2.44. The number of hydrogen-bond acceptors (Lipinski definition) is 5. The van der Waals surface area contributed by atoms with Gasteiger partial charge in [-0.25, -0.2) is 0 Å². The molecule has 5 nitrogen and oxygen atoms in total. The Morgan fingerprint density at radius 1 is 1.10 bits per heavy atom. The third kappa shape index (κ3) is 3.96. The van der Waals surface area contributed by atoms with Crippen molar-refractivity contribution in [3.8, 4) is 0 Å². The van der Waals surface area contributed by atoms with E-state index in [1.165, 1.54) is 6.92 Å². The summed E-state index contributed by atoms with van der Waals surface area (Å²) in [6, 6.07) is 0. The fraction of sp³-hybridized carbons (Fsp3) is 0.875. The molecule has 2 unspecified atom stereocenters. The number of esters is 2. The van der Waals surface area contributed by atoms with Crippen LogP contribution in [0.2, 0.25) is 0 Å². The summed E-state index contributed by atoms with van der Waals surface area (Å²) in [5, 5.41) is 0. The topological polar surface area (TPSA) is 55.8 Å². The number of carbonyl (C=O) groups is 2. The SMILES string of the molecule is CCC1(C)CC(C(=O)OCOC(C)=O)CC(C)(CC)N1C. The monoisotopic (exact) mass is 299 g/mol. The summed E-state index contributed by atoms with van der Waals surface area (Å²) in [7, 11) is 2.15. The summed E-state index contributed by atoms with van der Waals surface area (Å²) in [4.78, 5) is 25.4. The van der Waals surface area contributed by atoms with E-state index in [1.807, 2.05) is 0 Å². The molecule has 0 aromatic heterocycles. The van der Waals surface area contributed by atoms with Gasteiger partial charge in [0.1, 0.15) is 0 Å². The largest absolute Gasteiger partial charge is 0.428 e. The predicted molar refractivity (Wildman–Crippen MR) is 80.6 cm³/mol. The molecular formula is C16H29NO4. The Morgan fingerprint density at radius 2 is 1.57 bits per heavy atom. The molecule has 0 aromatic rings. The van der Waals surface area contributed by atoms with Crippen LogP contribution in [0.25, 0.3) is 0 Å². The molecule has 1 heterocycles. The van der Waals surface area contributed by atoms with Gasteiger partial charge in [0.15, 0.2) is 0 Å². The highest BCUT2D eigenvalue weighted by molar-refractivity contribution is 5.73. The van der Waals surface area contributed by atoms with Crippen molar-refractivity contribution in [3.63, 3.8) is 0 Å². The van der Waals surface area contributed by atoms with E-state index in [1.54, 1.807) is 0 Å². The molecule has 0 radical (unpaired) electrons. The summed E-state index contributed by atoms with van der Waals surface area (Å²) in [6.07, 6.45) is 3.50. The first-order chi connectivity index (χ1) is 9.68. The molecule has 0 aromatic carbocycles. The summed E-state index contributed by atoms with van der Waals surface area (Å²) in [5.41, 5.74) is -0.0394. The molecule has 0 aliphatic carbocycles. The first kappa shape index (κ1) is 18.0. The van der Waals surface area contributed by atoms with Crippen LogP contribution in [0.15, 0.2) is 0 Å². The van der Waals surface area contributed by atoms with Crippen molar-refractivity contribution in [3.05, 3.63) is 0 Å². The molecule has 0 amide bonds. The molecule has 5 heteroatoms. The van der Waals surface area contributed by atoms with Crippen LogP contribution in [-0.4, -0.2) is 41.8 Å². The molecule has 0 spiro atoms. The van der Waals surface area contributed by atoms with Gasteiger partial charge in [0.2, 0.25) is 6.79 Å². The average molecular weight is 299 g/mol. The van der Waals surface area contributed by atoms with Gasteiger partial charge < -0.3 is 9.47 Å². The molecule has 0 N–H and O–H groups in total. The zero-order valence-corrected chi connectivity index (χ0v) is 14.2. The Morgan fingerprint density at radius 3 is 1.95 bits per heavy atom. The summed E-state index contributed by atoms with van der Waals surface area (Å²) >= 11 is 0. The maximum atomic E-state index is 12.3. The van der Waals surface area contributed by atoms with E-state index >= 15 is 0 Å². The lowest BCUT2D eigenvalue weighted by atomic mass is 9.70. The highest BCUT2D eigenvalue weighted by atomic mass is 16.7. The second kappa shape index (κ2) is 6.77. The van der Waals surface area contributed by atoms with Crippen molar-refractivity contribution in [2.75, 3.05) is 13.8 Å². The lowest BCUT2D eigenvalue weighted by Gasteiger charge is -2.55. The number of rotatable bonds is 5. The Kier molecular flexibility index (Phi) is 5.79. The minimum Gasteiger partial charge on any atom is -0.428 e. The number of ether oxygens (including phenoxy) is 2. The van der Waals surface area contributed by atoms with Crippen LogP contribution in [0.3, 0.4) is 0 Å². The Bertz CT molecular complexity index is 378. The van der Waals surface area contributed by atoms with E-state index in [9.17, 15) is 9.59 Å². The molecule has 1 rings (SSSR count). The van der Waals surface area contributed by atoms with Crippen LogP contribution in [0.4, 0.5) is 0 Å². The molecule has 21 heavy (non-hydrogen) atoms. The molecule has 122 valence electrons. The van der Waals surface area contributed by atoms with E-state index in [0.29, 0.717) is 0 Å². The lowest BCUT2D eigenvalue weighted by Crippen LogP contribution is -2.61. The minimum absolute atomic E-state index is 0.0197. The van der Waals surface area contributed by atoms with Crippen molar-refractivity contribution in [2.45, 2.75) is 71.4 Å². The molecule has 2 atom stereocenters. The standard InChI is InChI=1S/C16H29NO4/c1-7-15(4)9-13(10-16(5,8-2)17(15)6)14(19)21-11-20-12(3)18/h13H,7-11H2,1-6H3. The van der Waals surface area contributed by atoms with Crippen LogP contribution in [0.5, 0.6) is 0 Å². The van der Waals surface area contributed by atoms with E-state index in [4.69, 9.17) is 4.74 Å². The van der Waals surface area contributed by atoms with Crippen LogP contribution >= 0.6 is 0 Å². The average Bonchev–Trinajstić information content (AvgIpc) is 2.43. The molecule has 1 aliphatic heterocycles. The molecule has 1 saturated heterocycles. The van der Waals surface area contributed by atoms with Crippen molar-refractivity contribution in [1.29, 1.82) is 0 Å². The molecule has 1 aliphatic rings. The van der Waals surface area contributed by atoms with Gasteiger partial charge in [0.05, 0.1) is 5.92 Å². The zero-order chi connectivity index (χ0) is 16.3. The van der Waals surface area contributed by atoms with Crippen LogP contribution in [0.1, 0.15) is 60.3 Å². The molecule has 0 saturated carbocycles. The van der Waals surface area contributed by atoms with E-state index < -0.39 is 5.97 Å². The minimum atomic E-state index is -0.442. The zero-order valence-electron chi connectivity index (χ0n) is 14.2. The van der Waals surface area contributed by atoms with Crippen LogP contribution < -0.4 is 0 Å². The molecule has 0 bridgehead atoms. The van der Waals surface area contributed by atoms with Crippen molar-refractivity contribution in [1.82, 2.24) is 4.90 Å². The Hall–Kier alpha value is -1.10. The number of carbonyl (C=O) groups excluding carboxylic acids is 2. The molecular weight excluding hydrogens is 270 g/mol. The molecule has 1 fully saturated rings. The van der Waals surface area contributed by atoms with E-state index in [2.05, 4.69) is 44.4 Å². The number of hydrogen-bond donors (Lipinski definition) is 0. The van der Waals surface area contributed by atoms with Crippen molar-refractivity contribution >= 4 is 11.9 Å². The number of piperidine rings is 1. The summed E-state index contributed by atoms with van der Waals surface area (Å²) < 4.78 is 9.79. The van der Waals surface area contributed by atoms with Crippen LogP contribution in [-0.2, 0) is 19.1 Å². The van der Waals surface area contributed by atoms with E-state index in [-0.39, 0.29) is 29.8 Å². The maximum absolute atomic E-state index is 12.3. The van der Waals surface area contributed by atoms with E-state index in [0.717, 1.165) is 25.7 Å². The van der Waals surface area contributed by atoms with Gasteiger partial charge in [-0.3, -0.25) is 14.5 Å². The smallest absolute Gasteiger partial charge is 0.311 e. The van der Waals surface area contributed by atoms with Crippen molar-refractivity contribution in [2.24, 2.45) is 5.92 Å². The first-order valence-electron chi connectivity index (χ1n) is 7.72. The second-order valence-electron chi connectivity index (χ2n) is 6.58. The predicted octanol–water partition coefficient (Wildman–Crippen LogP) is 2.73. The van der Waals surface area contributed by atoms with Gasteiger partial charge in [-0.2, -0.15) is 0 Å². The summed E-state index contributed by atoms with van der Waals surface area (Å²) in [5.74, 6) is -0.849. The fourth-order valence-corrected chi connectivity index (χ4v) is 3.28. The van der Waals surface area contributed by atoms with Crippen molar-refractivity contribution < 1.29 is 19.1 Å². The quantitative estimate of drug-likeness (QED) is 0.577. The van der Waals surface area contributed by atoms with Gasteiger partial charge in [-0.1, -0.05) is 13.8 Å². The third-order valence-corrected chi connectivity index (χ3v) is 5.31. The Labute approximate surface area is 128 Å². The van der Waals surface area contributed by atoms with Gasteiger partial charge >= 0.3 is 11.9 Å². The normalized spacial score (nSPS) is 33.5. The Balaban J connectivity index is 2.79. The van der Waals surface area contributed by atoms with Gasteiger partial charge in [0.25, 0.3) is 0 Å². The van der Waals surface area contributed by atoms with Gasteiger partial charge in [-0.05, 0) is 46.6 Å². The van der Waals surface area contributed by atoms with Crippen LogP contribution in [0, 0.1) is 5.92 Å². The number of nitrogens with zero attached hydrogens (tertiary/aromatic N) is 1. The number of likely N-dealkylation sites (tertiary alicyclic amines) is 1. The first-order valence-corrected chi connectivity index (χ1v) is 7.72. The van der Waals surface area contributed by atoms with Gasteiger partial charge in [0, 0.05) is 18.0 Å². The van der Waals surface area contributed by atoms with Gasteiger partial charge in [-0.15, -0.1) is 0 Å². The lowest BCUT2D eigenvalue weighted by molar-refractivity contribution is -0.174. The fourth-order valence-electron chi connectivity index (χ4n) is 3.28. The maximum Gasteiger partial charge on any atom is 0.311 e. The highest BCUT2D eigenvalue weighted by Gasteiger charge is 2.48. The summed E-state index contributed by atoms with van der Waals surface area (Å²) in [6.45, 7) is 9.72.